The maximum absolute atomic E-state index is 5.67. The largest absolute Gasteiger partial charge is 0.464 e. The average molecular weight is 247 g/mol. The fourth-order valence-corrected chi connectivity index (χ4v) is 2.12. The lowest BCUT2D eigenvalue weighted by Gasteiger charge is -2.16. The van der Waals surface area contributed by atoms with Crippen LogP contribution in [0.5, 0.6) is 0 Å². The minimum absolute atomic E-state index is 0.199. The molecule has 0 bridgehead atoms. The smallest absolute Gasteiger partial charge is 0.134 e. The maximum atomic E-state index is 5.67. The molecule has 0 aliphatic carbocycles. The van der Waals surface area contributed by atoms with Crippen LogP contribution in [0.3, 0.4) is 0 Å². The molecule has 1 N–H and O–H groups in total. The van der Waals surface area contributed by atoms with Gasteiger partial charge in [-0.2, -0.15) is 0 Å². The van der Waals surface area contributed by atoms with E-state index < -0.39 is 0 Å². The molecular formula is C15H21NO2. The number of hydrogen-bond acceptors (Lipinski definition) is 3. The van der Waals surface area contributed by atoms with E-state index in [1.54, 1.807) is 0 Å². The highest BCUT2D eigenvalue weighted by Crippen LogP contribution is 2.26. The van der Waals surface area contributed by atoms with Crippen molar-refractivity contribution in [3.8, 4) is 0 Å². The second kappa shape index (κ2) is 6.57. The van der Waals surface area contributed by atoms with E-state index in [0.29, 0.717) is 6.61 Å². The lowest BCUT2D eigenvalue weighted by molar-refractivity contribution is 0.112. The zero-order valence-electron chi connectivity index (χ0n) is 11.1. The molecule has 0 saturated carbocycles. The van der Waals surface area contributed by atoms with Crippen LogP contribution < -0.4 is 5.32 Å². The van der Waals surface area contributed by atoms with Crippen molar-refractivity contribution < 1.29 is 9.15 Å². The molecule has 2 aromatic rings. The minimum Gasteiger partial charge on any atom is -0.464 e. The van der Waals surface area contributed by atoms with Crippen molar-refractivity contribution in [3.05, 3.63) is 36.1 Å². The molecule has 0 saturated heterocycles. The van der Waals surface area contributed by atoms with Crippen LogP contribution in [-0.2, 0) is 4.74 Å². The summed E-state index contributed by atoms with van der Waals surface area (Å²) in [5.41, 5.74) is 2.12. The van der Waals surface area contributed by atoms with Crippen LogP contribution in [0.15, 0.2) is 34.9 Å². The molecule has 0 aliphatic heterocycles. The van der Waals surface area contributed by atoms with Crippen LogP contribution in [0.2, 0.25) is 0 Å². The number of nitrogens with one attached hydrogen (secondary N) is 1. The number of rotatable bonds is 7. The third-order valence-electron chi connectivity index (χ3n) is 2.97. The first kappa shape index (κ1) is 13.1. The molecule has 1 aromatic heterocycles. The SMILES string of the molecule is CCCOCC(NCC)c1coc2ccccc12. The van der Waals surface area contributed by atoms with Crippen LogP contribution in [0.4, 0.5) is 0 Å². The monoisotopic (exact) mass is 247 g/mol. The molecule has 1 heterocycles. The highest BCUT2D eigenvalue weighted by atomic mass is 16.5. The highest BCUT2D eigenvalue weighted by Gasteiger charge is 2.16. The molecule has 1 unspecified atom stereocenters. The van der Waals surface area contributed by atoms with E-state index >= 15 is 0 Å². The summed E-state index contributed by atoms with van der Waals surface area (Å²) < 4.78 is 11.3. The molecule has 1 aromatic carbocycles. The zero-order chi connectivity index (χ0) is 12.8. The van der Waals surface area contributed by atoms with Crippen molar-refractivity contribution in [3.63, 3.8) is 0 Å². The lowest BCUT2D eigenvalue weighted by Crippen LogP contribution is -2.25. The molecule has 0 radical (unpaired) electrons. The quantitative estimate of drug-likeness (QED) is 0.760. The van der Waals surface area contributed by atoms with Crippen molar-refractivity contribution in [1.82, 2.24) is 5.32 Å². The summed E-state index contributed by atoms with van der Waals surface area (Å²) in [7, 11) is 0. The van der Waals surface area contributed by atoms with Gasteiger partial charge in [0.25, 0.3) is 0 Å². The third-order valence-corrected chi connectivity index (χ3v) is 2.97. The number of benzene rings is 1. The van der Waals surface area contributed by atoms with E-state index in [4.69, 9.17) is 9.15 Å². The Bertz CT molecular complexity index is 478. The van der Waals surface area contributed by atoms with E-state index in [1.807, 2.05) is 24.5 Å². The molecule has 98 valence electrons. The molecule has 18 heavy (non-hydrogen) atoms. The summed E-state index contributed by atoms with van der Waals surface area (Å²) in [5.74, 6) is 0. The third kappa shape index (κ3) is 2.92. The molecule has 2 rings (SSSR count). The Hall–Kier alpha value is -1.32. The van der Waals surface area contributed by atoms with Crippen molar-refractivity contribution in [2.75, 3.05) is 19.8 Å². The fourth-order valence-electron chi connectivity index (χ4n) is 2.12. The lowest BCUT2D eigenvalue weighted by atomic mass is 10.1. The Kier molecular flexibility index (Phi) is 4.79. The fraction of sp³-hybridized carbons (Fsp3) is 0.467. The first-order chi connectivity index (χ1) is 8.86. The van der Waals surface area contributed by atoms with E-state index in [2.05, 4.69) is 25.2 Å². The second-order valence-corrected chi connectivity index (χ2v) is 4.37. The Morgan fingerprint density at radius 2 is 2.11 bits per heavy atom. The van der Waals surface area contributed by atoms with Gasteiger partial charge in [0.15, 0.2) is 0 Å². The van der Waals surface area contributed by atoms with E-state index in [0.717, 1.165) is 25.2 Å². The molecule has 0 spiro atoms. The summed E-state index contributed by atoms with van der Waals surface area (Å²) >= 11 is 0. The van der Waals surface area contributed by atoms with Gasteiger partial charge >= 0.3 is 0 Å². The van der Waals surface area contributed by atoms with Crippen LogP contribution in [0, 0.1) is 0 Å². The summed E-state index contributed by atoms with van der Waals surface area (Å²) in [5, 5.41) is 4.62. The normalized spacial score (nSPS) is 13.0. The number of fused-ring (bicyclic) bond motifs is 1. The van der Waals surface area contributed by atoms with Gasteiger partial charge < -0.3 is 14.5 Å². The summed E-state index contributed by atoms with van der Waals surface area (Å²) in [4.78, 5) is 0. The molecule has 0 fully saturated rings. The first-order valence-electron chi connectivity index (χ1n) is 6.64. The van der Waals surface area contributed by atoms with E-state index in [-0.39, 0.29) is 6.04 Å². The second-order valence-electron chi connectivity index (χ2n) is 4.37. The molecule has 1 atom stereocenters. The van der Waals surface area contributed by atoms with Crippen LogP contribution in [0.1, 0.15) is 31.9 Å². The van der Waals surface area contributed by atoms with Crippen molar-refractivity contribution >= 4 is 11.0 Å². The van der Waals surface area contributed by atoms with Crippen LogP contribution in [0.25, 0.3) is 11.0 Å². The van der Waals surface area contributed by atoms with Gasteiger partial charge in [0, 0.05) is 17.6 Å². The topological polar surface area (TPSA) is 34.4 Å². The number of ether oxygens (including phenoxy) is 1. The number of likely N-dealkylation sites (N-methyl/N-ethyl adjacent to an activating group) is 1. The number of para-hydroxylation sites is 1. The molecule has 0 aliphatic rings. The van der Waals surface area contributed by atoms with Crippen LogP contribution in [-0.4, -0.2) is 19.8 Å². The summed E-state index contributed by atoms with van der Waals surface area (Å²) in [6.07, 6.45) is 2.89. The standard InChI is InChI=1S/C15H21NO2/c1-3-9-17-11-14(16-4-2)13-10-18-15-8-6-5-7-12(13)15/h5-8,10,14,16H,3-4,9,11H2,1-2H3. The van der Waals surface area contributed by atoms with Crippen LogP contribution >= 0.6 is 0 Å². The average Bonchev–Trinajstić information content (AvgIpc) is 2.82. The van der Waals surface area contributed by atoms with E-state index in [1.165, 1.54) is 10.9 Å². The summed E-state index contributed by atoms with van der Waals surface area (Å²) in [6, 6.07) is 8.32. The molecule has 0 amide bonds. The zero-order valence-corrected chi connectivity index (χ0v) is 11.1. The first-order valence-corrected chi connectivity index (χ1v) is 6.64. The van der Waals surface area contributed by atoms with Gasteiger partial charge in [-0.3, -0.25) is 0 Å². The molecule has 3 heteroatoms. The van der Waals surface area contributed by atoms with Crippen molar-refractivity contribution in [2.45, 2.75) is 26.3 Å². The van der Waals surface area contributed by atoms with Crippen molar-refractivity contribution in [2.24, 2.45) is 0 Å². The number of hydrogen-bond donors (Lipinski definition) is 1. The van der Waals surface area contributed by atoms with Gasteiger partial charge in [-0.1, -0.05) is 32.0 Å². The predicted octanol–water partition coefficient (Wildman–Crippen LogP) is 3.51. The Labute approximate surface area is 108 Å². The molecular weight excluding hydrogens is 226 g/mol. The minimum atomic E-state index is 0.199. The Balaban J connectivity index is 2.18. The summed E-state index contributed by atoms with van der Waals surface area (Å²) in [6.45, 7) is 6.63. The van der Waals surface area contributed by atoms with Gasteiger partial charge in [0.05, 0.1) is 18.9 Å². The molecule has 3 nitrogen and oxygen atoms in total. The highest BCUT2D eigenvalue weighted by molar-refractivity contribution is 5.81. The van der Waals surface area contributed by atoms with Crippen molar-refractivity contribution in [1.29, 1.82) is 0 Å². The van der Waals surface area contributed by atoms with Gasteiger partial charge in [-0.05, 0) is 19.0 Å². The Morgan fingerprint density at radius 1 is 1.28 bits per heavy atom. The van der Waals surface area contributed by atoms with E-state index in [9.17, 15) is 0 Å². The number of furan rings is 1. The van der Waals surface area contributed by atoms with Gasteiger partial charge in [0.1, 0.15) is 5.58 Å². The maximum Gasteiger partial charge on any atom is 0.134 e. The predicted molar refractivity (Wildman–Crippen MR) is 73.7 cm³/mol. The van der Waals surface area contributed by atoms with Gasteiger partial charge in [-0.25, -0.2) is 0 Å². The Morgan fingerprint density at radius 3 is 2.89 bits per heavy atom. The van der Waals surface area contributed by atoms with Gasteiger partial charge in [-0.15, -0.1) is 0 Å². The van der Waals surface area contributed by atoms with Gasteiger partial charge in [0.2, 0.25) is 0 Å².